The predicted octanol–water partition coefficient (Wildman–Crippen LogP) is 3.73. The number of benzene rings is 2. The Morgan fingerprint density at radius 3 is 2.14 bits per heavy atom. The van der Waals surface area contributed by atoms with E-state index in [1.54, 1.807) is 41.2 Å². The third-order valence-electron chi connectivity index (χ3n) is 4.49. The minimum Gasteiger partial charge on any atom is -0.338 e. The van der Waals surface area contributed by atoms with Crippen molar-refractivity contribution in [3.05, 3.63) is 103 Å². The maximum absolute atomic E-state index is 12.5. The van der Waals surface area contributed by atoms with Crippen LogP contribution in [0.5, 0.6) is 0 Å². The smallest absolute Gasteiger partial charge is 0.246 e. The molecule has 0 unspecified atom stereocenters. The summed E-state index contributed by atoms with van der Waals surface area (Å²) in [6.45, 7) is 0.485. The molecular formula is C23H21N5O. The fourth-order valence-electron chi connectivity index (χ4n) is 2.95. The van der Waals surface area contributed by atoms with Gasteiger partial charge in [-0.2, -0.15) is 10.2 Å². The predicted molar refractivity (Wildman–Crippen MR) is 113 cm³/mol. The topological polar surface area (TPSA) is 56.0 Å². The zero-order valence-electron chi connectivity index (χ0n) is 16.1. The van der Waals surface area contributed by atoms with Gasteiger partial charge in [0.15, 0.2) is 0 Å². The lowest BCUT2D eigenvalue weighted by atomic mass is 10.3. The lowest BCUT2D eigenvalue weighted by molar-refractivity contribution is -0.125. The number of hydrogen-bond acceptors (Lipinski definition) is 3. The maximum Gasteiger partial charge on any atom is 0.246 e. The van der Waals surface area contributed by atoms with E-state index in [9.17, 15) is 4.79 Å². The van der Waals surface area contributed by atoms with Gasteiger partial charge in [-0.1, -0.05) is 36.4 Å². The minimum absolute atomic E-state index is 0.0788. The van der Waals surface area contributed by atoms with Crippen molar-refractivity contribution >= 4 is 12.0 Å². The summed E-state index contributed by atoms with van der Waals surface area (Å²) in [6.07, 6.45) is 10.7. The normalized spacial score (nSPS) is 11.1. The van der Waals surface area contributed by atoms with E-state index in [2.05, 4.69) is 10.2 Å². The van der Waals surface area contributed by atoms with Gasteiger partial charge in [-0.05, 0) is 30.3 Å². The molecule has 0 aliphatic rings. The number of likely N-dealkylation sites (N-methyl/N-ethyl adjacent to an activating group) is 1. The van der Waals surface area contributed by atoms with Crippen LogP contribution in [-0.4, -0.2) is 37.4 Å². The summed E-state index contributed by atoms with van der Waals surface area (Å²) in [4.78, 5) is 14.1. The van der Waals surface area contributed by atoms with E-state index >= 15 is 0 Å². The Balaban J connectivity index is 1.38. The molecule has 1 amide bonds. The molecule has 144 valence electrons. The summed E-state index contributed by atoms with van der Waals surface area (Å²) in [6, 6.07) is 19.7. The summed E-state index contributed by atoms with van der Waals surface area (Å²) in [7, 11) is 1.78. The van der Waals surface area contributed by atoms with Crippen molar-refractivity contribution in [3.8, 4) is 11.4 Å². The fourth-order valence-corrected chi connectivity index (χ4v) is 2.95. The second kappa shape index (κ2) is 8.39. The van der Waals surface area contributed by atoms with Crippen molar-refractivity contribution in [2.24, 2.45) is 0 Å². The van der Waals surface area contributed by atoms with Crippen LogP contribution >= 0.6 is 0 Å². The number of amides is 1. The first-order valence-electron chi connectivity index (χ1n) is 9.31. The van der Waals surface area contributed by atoms with E-state index in [1.807, 2.05) is 77.7 Å². The van der Waals surface area contributed by atoms with Crippen LogP contribution in [0.3, 0.4) is 0 Å². The first kappa shape index (κ1) is 18.4. The van der Waals surface area contributed by atoms with Crippen LogP contribution in [0.4, 0.5) is 0 Å². The molecule has 2 aromatic heterocycles. The molecular weight excluding hydrogens is 362 g/mol. The van der Waals surface area contributed by atoms with E-state index in [-0.39, 0.29) is 5.91 Å². The molecule has 6 heteroatoms. The maximum atomic E-state index is 12.5. The van der Waals surface area contributed by atoms with Crippen LogP contribution in [0.15, 0.2) is 91.5 Å². The summed E-state index contributed by atoms with van der Waals surface area (Å²) in [5.74, 6) is -0.0788. The van der Waals surface area contributed by atoms with Gasteiger partial charge in [0.2, 0.25) is 5.91 Å². The molecule has 2 heterocycles. The first-order chi connectivity index (χ1) is 14.2. The second-order valence-corrected chi connectivity index (χ2v) is 6.71. The molecule has 4 rings (SSSR count). The van der Waals surface area contributed by atoms with Crippen LogP contribution in [-0.2, 0) is 11.3 Å². The summed E-state index contributed by atoms with van der Waals surface area (Å²) >= 11 is 0. The third kappa shape index (κ3) is 4.50. The fraction of sp³-hybridized carbons (Fsp3) is 0.0870. The Bertz CT molecular complexity index is 1110. The molecule has 0 aliphatic carbocycles. The second-order valence-electron chi connectivity index (χ2n) is 6.71. The molecule has 2 aromatic carbocycles. The average Bonchev–Trinajstić information content (AvgIpc) is 3.43. The first-order valence-corrected chi connectivity index (χ1v) is 9.31. The molecule has 0 saturated carbocycles. The van der Waals surface area contributed by atoms with Crippen molar-refractivity contribution in [1.29, 1.82) is 0 Å². The number of nitrogens with zero attached hydrogens (tertiary/aromatic N) is 5. The zero-order chi connectivity index (χ0) is 20.1. The van der Waals surface area contributed by atoms with Crippen LogP contribution < -0.4 is 0 Å². The molecule has 0 bridgehead atoms. The van der Waals surface area contributed by atoms with Crippen molar-refractivity contribution in [1.82, 2.24) is 24.5 Å². The van der Waals surface area contributed by atoms with Gasteiger partial charge in [0, 0.05) is 43.2 Å². The Morgan fingerprint density at radius 1 is 0.897 bits per heavy atom. The van der Waals surface area contributed by atoms with Gasteiger partial charge in [-0.3, -0.25) is 4.79 Å². The monoisotopic (exact) mass is 383 g/mol. The highest BCUT2D eigenvalue weighted by Gasteiger charge is 2.08. The number of rotatable bonds is 6. The van der Waals surface area contributed by atoms with E-state index in [1.165, 1.54) is 0 Å². The summed E-state index contributed by atoms with van der Waals surface area (Å²) < 4.78 is 3.59. The number of aromatic nitrogens is 4. The highest BCUT2D eigenvalue weighted by molar-refractivity contribution is 5.91. The Hall–Kier alpha value is -3.93. The van der Waals surface area contributed by atoms with Gasteiger partial charge >= 0.3 is 0 Å². The van der Waals surface area contributed by atoms with Crippen molar-refractivity contribution < 1.29 is 4.79 Å². The van der Waals surface area contributed by atoms with Crippen LogP contribution in [0.2, 0.25) is 0 Å². The lowest BCUT2D eigenvalue weighted by Gasteiger charge is -2.13. The standard InChI is InChI=1S/C23H21N5O/c1-26(16-20-15-25-28(18-20)22-10-6-3-7-11-22)23(29)13-12-19-14-24-27(17-19)21-8-4-2-5-9-21/h2-15,17-18H,16H2,1H3. The van der Waals surface area contributed by atoms with Gasteiger partial charge in [0.25, 0.3) is 0 Å². The third-order valence-corrected chi connectivity index (χ3v) is 4.49. The van der Waals surface area contributed by atoms with Crippen LogP contribution in [0.25, 0.3) is 17.5 Å². The van der Waals surface area contributed by atoms with E-state index in [4.69, 9.17) is 0 Å². The highest BCUT2D eigenvalue weighted by Crippen LogP contribution is 2.11. The van der Waals surface area contributed by atoms with Crippen molar-refractivity contribution in [3.63, 3.8) is 0 Å². The average molecular weight is 383 g/mol. The zero-order valence-corrected chi connectivity index (χ0v) is 16.1. The molecule has 0 spiro atoms. The summed E-state index contributed by atoms with van der Waals surface area (Å²) in [5.41, 5.74) is 3.80. The quantitative estimate of drug-likeness (QED) is 0.477. The van der Waals surface area contributed by atoms with Gasteiger partial charge < -0.3 is 4.90 Å². The van der Waals surface area contributed by atoms with Crippen molar-refractivity contribution in [2.45, 2.75) is 6.54 Å². The number of hydrogen-bond donors (Lipinski definition) is 0. The molecule has 0 fully saturated rings. The number of carbonyl (C=O) groups excluding carboxylic acids is 1. The van der Waals surface area contributed by atoms with Gasteiger partial charge in [0.1, 0.15) is 0 Å². The largest absolute Gasteiger partial charge is 0.338 e. The Labute approximate surface area is 169 Å². The van der Waals surface area contributed by atoms with Gasteiger partial charge in [0.05, 0.1) is 23.8 Å². The van der Waals surface area contributed by atoms with Crippen molar-refractivity contribution in [2.75, 3.05) is 7.05 Å². The molecule has 0 saturated heterocycles. The molecule has 4 aromatic rings. The van der Waals surface area contributed by atoms with Gasteiger partial charge in [-0.25, -0.2) is 9.36 Å². The molecule has 29 heavy (non-hydrogen) atoms. The lowest BCUT2D eigenvalue weighted by Crippen LogP contribution is -2.23. The molecule has 6 nitrogen and oxygen atoms in total. The van der Waals surface area contributed by atoms with Crippen LogP contribution in [0.1, 0.15) is 11.1 Å². The molecule has 0 aliphatic heterocycles. The molecule has 0 radical (unpaired) electrons. The Kier molecular flexibility index (Phi) is 5.33. The van der Waals surface area contributed by atoms with Crippen LogP contribution in [0, 0.1) is 0 Å². The minimum atomic E-state index is -0.0788. The highest BCUT2D eigenvalue weighted by atomic mass is 16.2. The molecule has 0 atom stereocenters. The van der Waals surface area contributed by atoms with E-state index in [0.717, 1.165) is 22.5 Å². The van der Waals surface area contributed by atoms with Gasteiger partial charge in [-0.15, -0.1) is 0 Å². The van der Waals surface area contributed by atoms with E-state index in [0.29, 0.717) is 6.54 Å². The number of carbonyl (C=O) groups is 1. The number of para-hydroxylation sites is 2. The molecule has 0 N–H and O–H groups in total. The van der Waals surface area contributed by atoms with E-state index < -0.39 is 0 Å². The SMILES string of the molecule is CN(Cc1cnn(-c2ccccc2)c1)C(=O)C=Cc1cnn(-c2ccccc2)c1. The summed E-state index contributed by atoms with van der Waals surface area (Å²) in [5, 5.41) is 8.71. The Morgan fingerprint density at radius 2 is 1.48 bits per heavy atom.